The monoisotopic (exact) mass is 416 g/mol. The molecule has 4 nitrogen and oxygen atoms in total. The molecule has 0 bridgehead atoms. The lowest BCUT2D eigenvalue weighted by molar-refractivity contribution is 0.905. The van der Waals surface area contributed by atoms with Crippen LogP contribution in [0.4, 0.5) is 0 Å². The molecule has 0 atom stereocenters. The molecule has 32 heavy (non-hydrogen) atoms. The Hall–Kier alpha value is -3.66. The van der Waals surface area contributed by atoms with E-state index in [4.69, 9.17) is 9.97 Å². The van der Waals surface area contributed by atoms with Gasteiger partial charge < -0.3 is 9.97 Å². The number of aromatic amines is 2. The quantitative estimate of drug-likeness (QED) is 0.347. The minimum absolute atomic E-state index is 0.985. The van der Waals surface area contributed by atoms with Crippen molar-refractivity contribution in [3.8, 4) is 33.5 Å². The molecular formula is C28H24N4. The maximum atomic E-state index is 4.76. The van der Waals surface area contributed by atoms with E-state index < -0.39 is 0 Å². The SMILES string of the molecule is Cc1nc2c([nH]1)CCc1cc(-c3ccc4c(c3)CCc3c-4ccc4[nH]c(C)nc34)ccc1-2. The molecule has 5 aromatic rings. The second-order valence-electron chi connectivity index (χ2n) is 9.20. The first-order valence-electron chi connectivity index (χ1n) is 11.4. The van der Waals surface area contributed by atoms with E-state index in [-0.39, 0.29) is 0 Å². The number of nitrogens with one attached hydrogen (secondary N) is 2. The summed E-state index contributed by atoms with van der Waals surface area (Å²) in [7, 11) is 0. The maximum Gasteiger partial charge on any atom is 0.104 e. The Kier molecular flexibility index (Phi) is 3.61. The second kappa shape index (κ2) is 6.42. The first-order chi connectivity index (χ1) is 15.6. The van der Waals surface area contributed by atoms with Crippen LogP contribution in [0.15, 0.2) is 48.5 Å². The van der Waals surface area contributed by atoms with E-state index in [2.05, 4.69) is 58.5 Å². The number of aromatic nitrogens is 4. The van der Waals surface area contributed by atoms with Gasteiger partial charge in [-0.25, -0.2) is 9.97 Å². The van der Waals surface area contributed by atoms with Crippen LogP contribution in [0.1, 0.15) is 34.0 Å². The molecule has 0 spiro atoms. The van der Waals surface area contributed by atoms with Crippen LogP contribution in [0.25, 0.3) is 44.5 Å². The molecule has 4 heteroatoms. The van der Waals surface area contributed by atoms with Gasteiger partial charge in [0.15, 0.2) is 0 Å². The third-order valence-corrected chi connectivity index (χ3v) is 7.15. The number of hydrogen-bond donors (Lipinski definition) is 2. The summed E-state index contributed by atoms with van der Waals surface area (Å²) in [4.78, 5) is 16.3. The predicted molar refractivity (Wildman–Crippen MR) is 129 cm³/mol. The number of H-pyrrole nitrogens is 2. The van der Waals surface area contributed by atoms with Crippen molar-refractivity contribution < 1.29 is 0 Å². The van der Waals surface area contributed by atoms with Gasteiger partial charge >= 0.3 is 0 Å². The number of imidazole rings is 2. The van der Waals surface area contributed by atoms with Gasteiger partial charge in [-0.15, -0.1) is 0 Å². The second-order valence-corrected chi connectivity index (χ2v) is 9.20. The van der Waals surface area contributed by atoms with Gasteiger partial charge in [-0.2, -0.15) is 0 Å². The molecule has 2 heterocycles. The van der Waals surface area contributed by atoms with E-state index in [0.29, 0.717) is 0 Å². The van der Waals surface area contributed by atoms with Crippen molar-refractivity contribution in [1.29, 1.82) is 0 Å². The van der Waals surface area contributed by atoms with E-state index in [1.54, 1.807) is 0 Å². The molecule has 2 aromatic heterocycles. The normalized spacial score (nSPS) is 14.1. The summed E-state index contributed by atoms with van der Waals surface area (Å²) in [5.41, 5.74) is 15.5. The number of rotatable bonds is 1. The van der Waals surface area contributed by atoms with Gasteiger partial charge in [0.2, 0.25) is 0 Å². The lowest BCUT2D eigenvalue weighted by atomic mass is 9.83. The molecule has 3 aromatic carbocycles. The first-order valence-corrected chi connectivity index (χ1v) is 11.4. The standard InChI is InChI=1S/C28H24N4/c1-15-29-25-11-6-20-14-18(4-8-22(20)27(25)31-15)17-3-7-21-19(13-17)5-9-24-23(21)10-12-26-28(24)32-16(2)30-26/h3-4,7-8,10,12-14H,5-6,9,11H2,1-2H3,(H,29,31)(H,30,32). The highest BCUT2D eigenvalue weighted by molar-refractivity contribution is 5.90. The summed E-state index contributed by atoms with van der Waals surface area (Å²) in [6, 6.07) is 18.3. The van der Waals surface area contributed by atoms with E-state index >= 15 is 0 Å². The van der Waals surface area contributed by atoms with Gasteiger partial charge in [-0.1, -0.05) is 42.5 Å². The minimum Gasteiger partial charge on any atom is -0.346 e. The Labute approximate surface area is 186 Å². The largest absolute Gasteiger partial charge is 0.346 e. The van der Waals surface area contributed by atoms with Crippen molar-refractivity contribution in [3.63, 3.8) is 0 Å². The molecule has 156 valence electrons. The van der Waals surface area contributed by atoms with E-state index in [1.165, 1.54) is 50.2 Å². The molecule has 0 fully saturated rings. The molecule has 0 saturated heterocycles. The smallest absolute Gasteiger partial charge is 0.104 e. The van der Waals surface area contributed by atoms with Crippen LogP contribution < -0.4 is 0 Å². The summed E-state index contributed by atoms with van der Waals surface area (Å²) in [5, 5.41) is 0. The number of fused-ring (bicyclic) bond motifs is 8. The Morgan fingerprint density at radius 2 is 1.34 bits per heavy atom. The summed E-state index contributed by atoms with van der Waals surface area (Å²) in [6.45, 7) is 4.07. The molecule has 7 rings (SSSR count). The third-order valence-electron chi connectivity index (χ3n) is 7.15. The van der Waals surface area contributed by atoms with E-state index in [9.17, 15) is 0 Å². The zero-order chi connectivity index (χ0) is 21.4. The lowest BCUT2D eigenvalue weighted by Crippen LogP contribution is -2.05. The molecule has 0 unspecified atom stereocenters. The van der Waals surface area contributed by atoms with Crippen LogP contribution in [0.5, 0.6) is 0 Å². The summed E-state index contributed by atoms with van der Waals surface area (Å²) in [5.74, 6) is 1.99. The highest BCUT2D eigenvalue weighted by Crippen LogP contribution is 2.40. The highest BCUT2D eigenvalue weighted by Gasteiger charge is 2.22. The van der Waals surface area contributed by atoms with Crippen LogP contribution in [0.3, 0.4) is 0 Å². The zero-order valence-corrected chi connectivity index (χ0v) is 18.3. The molecule has 0 saturated carbocycles. The van der Waals surface area contributed by atoms with Crippen molar-refractivity contribution in [2.24, 2.45) is 0 Å². The maximum absolute atomic E-state index is 4.76. The number of nitrogens with zero attached hydrogens (tertiary/aromatic N) is 2. The van der Waals surface area contributed by atoms with Crippen molar-refractivity contribution >= 4 is 11.0 Å². The van der Waals surface area contributed by atoms with Gasteiger partial charge in [0.1, 0.15) is 11.6 Å². The lowest BCUT2D eigenvalue weighted by Gasteiger charge is -2.21. The average molecular weight is 417 g/mol. The topological polar surface area (TPSA) is 57.4 Å². The van der Waals surface area contributed by atoms with Crippen LogP contribution in [0, 0.1) is 13.8 Å². The van der Waals surface area contributed by atoms with Crippen molar-refractivity contribution in [1.82, 2.24) is 19.9 Å². The number of hydrogen-bond acceptors (Lipinski definition) is 2. The highest BCUT2D eigenvalue weighted by atomic mass is 14.9. The first kappa shape index (κ1) is 18.0. The van der Waals surface area contributed by atoms with E-state index in [1.807, 2.05) is 13.8 Å². The molecule has 0 radical (unpaired) electrons. The van der Waals surface area contributed by atoms with Gasteiger partial charge in [-0.05, 0) is 84.5 Å². The molecule has 2 aliphatic carbocycles. The van der Waals surface area contributed by atoms with Crippen LogP contribution >= 0.6 is 0 Å². The van der Waals surface area contributed by atoms with Crippen molar-refractivity contribution in [2.45, 2.75) is 39.5 Å². The fraction of sp³-hybridized carbons (Fsp3) is 0.214. The van der Waals surface area contributed by atoms with Gasteiger partial charge in [0.05, 0.1) is 16.7 Å². The number of benzene rings is 3. The number of aryl methyl sites for hydroxylation is 6. The Morgan fingerprint density at radius 1 is 0.656 bits per heavy atom. The molecular weight excluding hydrogens is 392 g/mol. The van der Waals surface area contributed by atoms with Gasteiger partial charge in [-0.3, -0.25) is 0 Å². The summed E-state index contributed by atoms with van der Waals surface area (Å²) in [6.07, 6.45) is 4.20. The fourth-order valence-corrected chi connectivity index (χ4v) is 5.68. The summed E-state index contributed by atoms with van der Waals surface area (Å²) >= 11 is 0. The third kappa shape index (κ3) is 2.56. The average Bonchev–Trinajstić information content (AvgIpc) is 3.39. The zero-order valence-electron chi connectivity index (χ0n) is 18.3. The van der Waals surface area contributed by atoms with Gasteiger partial charge in [0.25, 0.3) is 0 Å². The Bertz CT molecular complexity index is 1550. The van der Waals surface area contributed by atoms with E-state index in [0.717, 1.165) is 54.1 Å². The predicted octanol–water partition coefficient (Wildman–Crippen LogP) is 6.10. The molecule has 2 N–H and O–H groups in total. The minimum atomic E-state index is 0.985. The van der Waals surface area contributed by atoms with Crippen LogP contribution in [0.2, 0.25) is 0 Å². The molecule has 0 aliphatic heterocycles. The fourth-order valence-electron chi connectivity index (χ4n) is 5.68. The van der Waals surface area contributed by atoms with Crippen molar-refractivity contribution in [2.75, 3.05) is 0 Å². The van der Waals surface area contributed by atoms with Crippen LogP contribution in [-0.4, -0.2) is 19.9 Å². The summed E-state index contributed by atoms with van der Waals surface area (Å²) < 4.78 is 0. The van der Waals surface area contributed by atoms with Gasteiger partial charge in [0, 0.05) is 11.3 Å². The Morgan fingerprint density at radius 3 is 2.19 bits per heavy atom. The molecule has 2 aliphatic rings. The Balaban J connectivity index is 1.30. The molecule has 0 amide bonds. The van der Waals surface area contributed by atoms with Crippen molar-refractivity contribution in [3.05, 3.63) is 82.6 Å². The van der Waals surface area contributed by atoms with Crippen LogP contribution in [-0.2, 0) is 25.7 Å².